The van der Waals surface area contributed by atoms with Crippen molar-refractivity contribution in [3.8, 4) is 5.75 Å². The van der Waals surface area contributed by atoms with E-state index in [-0.39, 0.29) is 41.1 Å². The number of phenolic OH excluding ortho intramolecular Hbond substituents is 1. The molecule has 36 heavy (non-hydrogen) atoms. The van der Waals surface area contributed by atoms with Crippen molar-refractivity contribution in [2.75, 3.05) is 52.7 Å². The Hall–Kier alpha value is -2.88. The molecular formula is C27H37N3O6. The highest BCUT2D eigenvalue weighted by molar-refractivity contribution is 6.16. The summed E-state index contributed by atoms with van der Waals surface area (Å²) in [5.41, 5.74) is -1.73. The Kier molecular flexibility index (Phi) is 6.70. The zero-order valence-electron chi connectivity index (χ0n) is 21.7. The summed E-state index contributed by atoms with van der Waals surface area (Å²) in [6, 6.07) is 3.21. The van der Waals surface area contributed by atoms with Gasteiger partial charge in [-0.05, 0) is 71.1 Å². The molecule has 4 rings (SSSR count). The minimum Gasteiger partial charge on any atom is -0.512 e. The normalized spacial score (nSPS) is 27.8. The number of allylic oxidation sites excluding steroid dienone is 1. The number of rotatable bonds is 7. The number of phenols is 1. The van der Waals surface area contributed by atoms with E-state index in [1.807, 2.05) is 33.1 Å². The number of carbonyl (C=O) groups is 2. The number of aromatic hydroxyl groups is 1. The van der Waals surface area contributed by atoms with Gasteiger partial charge in [-0.2, -0.15) is 0 Å². The molecule has 0 aromatic heterocycles. The second-order valence-electron chi connectivity index (χ2n) is 11.0. The number of hydrogen-bond donors (Lipinski definition) is 5. The van der Waals surface area contributed by atoms with E-state index in [4.69, 9.17) is 0 Å². The van der Waals surface area contributed by atoms with Crippen LogP contribution in [-0.2, 0) is 11.2 Å². The molecule has 0 heterocycles. The van der Waals surface area contributed by atoms with Crippen LogP contribution < -0.4 is 10.2 Å². The number of aliphatic hydroxyl groups excluding tert-OH is 2. The van der Waals surface area contributed by atoms with Gasteiger partial charge in [-0.15, -0.1) is 0 Å². The maximum atomic E-state index is 14.0. The van der Waals surface area contributed by atoms with Crippen molar-refractivity contribution in [3.05, 3.63) is 45.9 Å². The number of benzene rings is 1. The summed E-state index contributed by atoms with van der Waals surface area (Å²) in [5, 5.41) is 47.6. The molecule has 9 heteroatoms. The first-order valence-electron chi connectivity index (χ1n) is 12.4. The fourth-order valence-electron chi connectivity index (χ4n) is 6.19. The first kappa shape index (κ1) is 26.2. The lowest BCUT2D eigenvalue weighted by Gasteiger charge is -2.52. The van der Waals surface area contributed by atoms with Crippen LogP contribution in [0.4, 0.5) is 5.69 Å². The molecule has 0 fully saturated rings. The number of nitrogens with one attached hydrogen (secondary N) is 1. The molecule has 9 nitrogen and oxygen atoms in total. The Labute approximate surface area is 211 Å². The lowest BCUT2D eigenvalue weighted by Crippen LogP contribution is -2.60. The molecule has 0 bridgehead atoms. The standard InChI is InChI=1S/C27H37N3O6/c1-15-20(32)11-16-12-26(14-28-9-6-10-29(2)3)13-17-18(30(4)5)7-8-19(31)21(17)23(33)22(26)25(35)27(16,36)24(15)34/h7-8,16,28,31-32,35-36H,6,9-14H2,1-5H3/t16-,26-,27-/m1/s1. The third-order valence-corrected chi connectivity index (χ3v) is 8.06. The predicted octanol–water partition coefficient (Wildman–Crippen LogP) is 2.09. The highest BCUT2D eigenvalue weighted by Crippen LogP contribution is 2.57. The van der Waals surface area contributed by atoms with Gasteiger partial charge in [0.15, 0.2) is 11.4 Å². The van der Waals surface area contributed by atoms with E-state index < -0.39 is 34.3 Å². The lowest BCUT2D eigenvalue weighted by atomic mass is 9.53. The Morgan fingerprint density at radius 3 is 2.44 bits per heavy atom. The number of anilines is 1. The quantitative estimate of drug-likeness (QED) is 0.358. The third kappa shape index (κ3) is 3.90. The minimum absolute atomic E-state index is 0.0170. The predicted molar refractivity (Wildman–Crippen MR) is 137 cm³/mol. The van der Waals surface area contributed by atoms with Gasteiger partial charge >= 0.3 is 0 Å². The average Bonchev–Trinajstić information content (AvgIpc) is 2.79. The molecule has 0 amide bonds. The van der Waals surface area contributed by atoms with Crippen LogP contribution in [0.5, 0.6) is 5.75 Å². The van der Waals surface area contributed by atoms with Crippen LogP contribution >= 0.6 is 0 Å². The first-order chi connectivity index (χ1) is 16.8. The number of aliphatic hydroxyl groups is 3. The molecule has 0 saturated heterocycles. The zero-order valence-corrected chi connectivity index (χ0v) is 21.7. The van der Waals surface area contributed by atoms with E-state index in [2.05, 4.69) is 10.2 Å². The van der Waals surface area contributed by atoms with Gasteiger partial charge in [-0.3, -0.25) is 9.59 Å². The minimum atomic E-state index is -2.29. The molecule has 0 saturated carbocycles. The van der Waals surface area contributed by atoms with E-state index in [9.17, 15) is 30.0 Å². The molecule has 1 aromatic rings. The topological polar surface area (TPSA) is 134 Å². The molecule has 3 atom stereocenters. The largest absolute Gasteiger partial charge is 0.512 e. The maximum absolute atomic E-state index is 14.0. The van der Waals surface area contributed by atoms with Crippen LogP contribution in [0.15, 0.2) is 34.8 Å². The Morgan fingerprint density at radius 2 is 1.81 bits per heavy atom. The van der Waals surface area contributed by atoms with E-state index in [0.717, 1.165) is 18.7 Å². The smallest absolute Gasteiger partial charge is 0.201 e. The van der Waals surface area contributed by atoms with Crippen LogP contribution in [0.1, 0.15) is 42.1 Å². The first-order valence-corrected chi connectivity index (χ1v) is 12.4. The van der Waals surface area contributed by atoms with Crippen LogP contribution in [0.3, 0.4) is 0 Å². The van der Waals surface area contributed by atoms with Crippen molar-refractivity contribution in [3.63, 3.8) is 0 Å². The summed E-state index contributed by atoms with van der Waals surface area (Å²) in [6.45, 7) is 3.29. The molecule has 1 aromatic carbocycles. The molecule has 0 unspecified atom stereocenters. The van der Waals surface area contributed by atoms with Gasteiger partial charge in [0.05, 0.1) is 11.3 Å². The molecule has 3 aliphatic carbocycles. The monoisotopic (exact) mass is 499 g/mol. The van der Waals surface area contributed by atoms with Crippen molar-refractivity contribution in [2.45, 2.75) is 38.2 Å². The van der Waals surface area contributed by atoms with Crippen LogP contribution in [-0.4, -0.2) is 90.3 Å². The van der Waals surface area contributed by atoms with E-state index in [1.54, 1.807) is 6.07 Å². The van der Waals surface area contributed by atoms with Crippen LogP contribution in [0, 0.1) is 11.3 Å². The van der Waals surface area contributed by atoms with E-state index in [0.29, 0.717) is 25.1 Å². The highest BCUT2D eigenvalue weighted by atomic mass is 16.3. The number of ketones is 2. The average molecular weight is 500 g/mol. The molecule has 5 N–H and O–H groups in total. The fourth-order valence-corrected chi connectivity index (χ4v) is 6.19. The molecule has 0 radical (unpaired) electrons. The summed E-state index contributed by atoms with van der Waals surface area (Å²) in [4.78, 5) is 31.1. The second kappa shape index (κ2) is 9.21. The number of Topliss-reactive ketones (excluding diaryl/α,β-unsaturated/α-hetero) is 2. The second-order valence-corrected chi connectivity index (χ2v) is 11.0. The summed E-state index contributed by atoms with van der Waals surface area (Å²) in [6.07, 6.45) is 1.42. The van der Waals surface area contributed by atoms with Crippen molar-refractivity contribution >= 4 is 17.3 Å². The molecule has 0 spiro atoms. The number of nitrogens with zero attached hydrogens (tertiary/aromatic N) is 2. The van der Waals surface area contributed by atoms with Gasteiger partial charge in [-0.1, -0.05) is 0 Å². The van der Waals surface area contributed by atoms with Gasteiger partial charge in [0.1, 0.15) is 11.5 Å². The highest BCUT2D eigenvalue weighted by Gasteiger charge is 2.62. The van der Waals surface area contributed by atoms with Crippen LogP contribution in [0.2, 0.25) is 0 Å². The molecule has 196 valence electrons. The van der Waals surface area contributed by atoms with Crippen LogP contribution in [0.25, 0.3) is 0 Å². The molecular weight excluding hydrogens is 462 g/mol. The number of hydrogen-bond acceptors (Lipinski definition) is 9. The Balaban J connectivity index is 1.88. The number of fused-ring (bicyclic) bond motifs is 3. The number of carbonyl (C=O) groups excluding carboxylic acids is 2. The summed E-state index contributed by atoms with van der Waals surface area (Å²) >= 11 is 0. The van der Waals surface area contributed by atoms with Gasteiger partial charge in [-0.25, -0.2) is 0 Å². The van der Waals surface area contributed by atoms with Crippen molar-refractivity contribution in [1.82, 2.24) is 10.2 Å². The van der Waals surface area contributed by atoms with Crippen molar-refractivity contribution < 1.29 is 30.0 Å². The molecule has 3 aliphatic rings. The Morgan fingerprint density at radius 1 is 1.11 bits per heavy atom. The van der Waals surface area contributed by atoms with Gasteiger partial charge in [0, 0.05) is 55.2 Å². The summed E-state index contributed by atoms with van der Waals surface area (Å²) in [7, 11) is 7.70. The van der Waals surface area contributed by atoms with Gasteiger partial charge < -0.3 is 35.5 Å². The summed E-state index contributed by atoms with van der Waals surface area (Å²) in [5.74, 6) is -3.13. The third-order valence-electron chi connectivity index (χ3n) is 8.06. The zero-order chi connectivity index (χ0) is 26.6. The van der Waals surface area contributed by atoms with E-state index >= 15 is 0 Å². The SMILES string of the molecule is CC1=C(O)C[C@@H]2C[C@]3(CNCCCN(C)C)Cc4c(N(C)C)ccc(O)c4C(=O)C3=C(O)[C@]2(O)C1=O. The van der Waals surface area contributed by atoms with Crippen molar-refractivity contribution in [2.24, 2.45) is 11.3 Å². The maximum Gasteiger partial charge on any atom is 0.201 e. The Bertz CT molecular complexity index is 1170. The lowest BCUT2D eigenvalue weighted by molar-refractivity contribution is -0.144. The fraction of sp³-hybridized carbons (Fsp3) is 0.556. The van der Waals surface area contributed by atoms with E-state index in [1.165, 1.54) is 13.0 Å². The summed E-state index contributed by atoms with van der Waals surface area (Å²) < 4.78 is 0. The molecule has 0 aliphatic heterocycles. The van der Waals surface area contributed by atoms with Gasteiger partial charge in [0.2, 0.25) is 5.78 Å². The van der Waals surface area contributed by atoms with Crippen molar-refractivity contribution in [1.29, 1.82) is 0 Å². The van der Waals surface area contributed by atoms with Gasteiger partial charge in [0.25, 0.3) is 0 Å².